The molecule has 1 heterocycles. The van der Waals surface area contributed by atoms with Gasteiger partial charge >= 0.3 is 0 Å². The Morgan fingerprint density at radius 3 is 2.20 bits per heavy atom. The summed E-state index contributed by atoms with van der Waals surface area (Å²) in [6.07, 6.45) is 3.73. The molecule has 1 aliphatic heterocycles. The first kappa shape index (κ1) is 20.1. The lowest BCUT2D eigenvalue weighted by Gasteiger charge is -2.37. The summed E-state index contributed by atoms with van der Waals surface area (Å²) in [5, 5.41) is 0. The minimum Gasteiger partial charge on any atom is -0.328 e. The van der Waals surface area contributed by atoms with Crippen molar-refractivity contribution in [2.75, 3.05) is 6.54 Å². The molecule has 0 bridgehead atoms. The highest BCUT2D eigenvalue weighted by Crippen LogP contribution is 2.23. The minimum absolute atomic E-state index is 0.0226. The van der Waals surface area contributed by atoms with Crippen LogP contribution in [0.5, 0.6) is 0 Å². The van der Waals surface area contributed by atoms with Crippen LogP contribution in [0.25, 0.3) is 0 Å². The number of rotatable bonds is 7. The van der Waals surface area contributed by atoms with E-state index in [1.807, 2.05) is 0 Å². The van der Waals surface area contributed by atoms with E-state index in [1.54, 1.807) is 0 Å². The summed E-state index contributed by atoms with van der Waals surface area (Å²) < 4.78 is 27.2. The van der Waals surface area contributed by atoms with Crippen molar-refractivity contribution in [3.63, 3.8) is 0 Å². The highest BCUT2D eigenvalue weighted by Gasteiger charge is 2.34. The van der Waals surface area contributed by atoms with Crippen molar-refractivity contribution in [2.45, 2.75) is 25.8 Å². The van der Waals surface area contributed by atoms with E-state index >= 15 is 0 Å². The molecule has 0 aliphatic carbocycles. The van der Waals surface area contributed by atoms with Crippen LogP contribution in [0.2, 0.25) is 0 Å². The molecule has 1 aliphatic rings. The van der Waals surface area contributed by atoms with Gasteiger partial charge in [-0.2, -0.15) is 0 Å². The molecule has 0 saturated carbocycles. The van der Waals surface area contributed by atoms with Crippen molar-refractivity contribution >= 4 is 23.6 Å². The lowest BCUT2D eigenvalue weighted by Crippen LogP contribution is -2.47. The summed E-state index contributed by atoms with van der Waals surface area (Å²) in [6.45, 7) is 9.44. The van der Waals surface area contributed by atoms with Crippen LogP contribution in [-0.4, -0.2) is 45.5 Å². The summed E-state index contributed by atoms with van der Waals surface area (Å²) in [5.74, 6) is -6.77. The zero-order valence-electron chi connectivity index (χ0n) is 13.9. The molecule has 0 aromatic heterocycles. The molecule has 134 valence electrons. The molecule has 0 aromatic rings. The normalized spacial score (nSPS) is 14.7. The van der Waals surface area contributed by atoms with Crippen LogP contribution in [0, 0.1) is 0 Å². The smallest absolute Gasteiger partial charge is 0.296 e. The quantitative estimate of drug-likeness (QED) is 0.399. The molecule has 0 aromatic carbocycles. The molecule has 0 spiro atoms. The number of nitrogens with zero attached hydrogens (tertiary/aromatic N) is 2. The van der Waals surface area contributed by atoms with Gasteiger partial charge < -0.3 is 4.90 Å². The Balaban J connectivity index is 2.95. The maximum Gasteiger partial charge on any atom is 0.296 e. The van der Waals surface area contributed by atoms with Crippen molar-refractivity contribution in [3.8, 4) is 0 Å². The van der Waals surface area contributed by atoms with Crippen LogP contribution >= 0.6 is 0 Å². The average molecular weight is 352 g/mol. The van der Waals surface area contributed by atoms with Crippen LogP contribution in [0.1, 0.15) is 20.3 Å². The van der Waals surface area contributed by atoms with Crippen molar-refractivity contribution in [2.24, 2.45) is 0 Å². The van der Waals surface area contributed by atoms with Gasteiger partial charge in [0, 0.05) is 24.2 Å². The Labute approximate surface area is 143 Å². The van der Waals surface area contributed by atoms with Crippen LogP contribution in [-0.2, 0) is 19.2 Å². The number of hydrogen-bond donors (Lipinski definition) is 0. The van der Waals surface area contributed by atoms with Crippen molar-refractivity contribution in [3.05, 3.63) is 49.1 Å². The van der Waals surface area contributed by atoms with Gasteiger partial charge in [-0.25, -0.2) is 13.7 Å². The molecule has 6 nitrogen and oxygen atoms in total. The Hall–Kier alpha value is -2.90. The molecular weight excluding hydrogens is 334 g/mol. The Kier molecular flexibility index (Phi) is 6.27. The molecule has 0 saturated heterocycles. The second-order valence-electron chi connectivity index (χ2n) is 5.83. The zero-order valence-corrected chi connectivity index (χ0v) is 13.9. The minimum atomic E-state index is -1.40. The Morgan fingerprint density at radius 2 is 1.76 bits per heavy atom. The maximum absolute atomic E-state index is 14.1. The van der Waals surface area contributed by atoms with Crippen molar-refractivity contribution in [1.29, 1.82) is 0 Å². The van der Waals surface area contributed by atoms with Crippen LogP contribution in [0.4, 0.5) is 8.78 Å². The fourth-order valence-corrected chi connectivity index (χ4v) is 2.12. The standard InChI is InChI=1S/C17H18F2N2O4/c1-5-10-20(15(24)11(2)18)17(3,4)9-8-12(19)16(25)21-13(22)6-7-14(21)23/h5-8H,1-2,9-10H2,3-4H3/b12-8-. The van der Waals surface area contributed by atoms with Gasteiger partial charge in [0.2, 0.25) is 0 Å². The molecule has 0 unspecified atom stereocenters. The van der Waals surface area contributed by atoms with Gasteiger partial charge in [-0.05, 0) is 26.3 Å². The van der Waals surface area contributed by atoms with E-state index in [2.05, 4.69) is 13.2 Å². The van der Waals surface area contributed by atoms with Crippen molar-refractivity contribution < 1.29 is 28.0 Å². The molecule has 4 amide bonds. The lowest BCUT2D eigenvalue weighted by atomic mass is 9.97. The topological polar surface area (TPSA) is 74.8 Å². The summed E-state index contributed by atoms with van der Waals surface area (Å²) in [6, 6.07) is 0. The Bertz CT molecular complexity index is 689. The fraction of sp³-hybridized carbons (Fsp3) is 0.294. The second kappa shape index (κ2) is 7.78. The van der Waals surface area contributed by atoms with Gasteiger partial charge in [-0.15, -0.1) is 6.58 Å². The number of hydrogen-bond acceptors (Lipinski definition) is 4. The Morgan fingerprint density at radius 1 is 1.24 bits per heavy atom. The predicted molar refractivity (Wildman–Crippen MR) is 86.0 cm³/mol. The van der Waals surface area contributed by atoms with E-state index in [4.69, 9.17) is 0 Å². The maximum atomic E-state index is 14.1. The van der Waals surface area contributed by atoms with E-state index < -0.39 is 40.8 Å². The third-order valence-corrected chi connectivity index (χ3v) is 3.52. The summed E-state index contributed by atoms with van der Waals surface area (Å²) in [5.41, 5.74) is -1.09. The summed E-state index contributed by atoms with van der Waals surface area (Å²) in [7, 11) is 0. The SMILES string of the molecule is C=CCN(C(=O)C(=C)F)C(C)(C)C/C=C(\F)C(=O)N1C(=O)C=CC1=O. The molecule has 25 heavy (non-hydrogen) atoms. The largest absolute Gasteiger partial charge is 0.328 e. The second-order valence-corrected chi connectivity index (χ2v) is 5.83. The highest BCUT2D eigenvalue weighted by molar-refractivity contribution is 6.25. The van der Waals surface area contributed by atoms with Gasteiger partial charge in [0.15, 0.2) is 11.7 Å². The van der Waals surface area contributed by atoms with Gasteiger partial charge in [0.1, 0.15) is 0 Å². The molecule has 0 fully saturated rings. The molecule has 0 atom stereocenters. The first-order valence-electron chi connectivity index (χ1n) is 7.26. The fourth-order valence-electron chi connectivity index (χ4n) is 2.12. The molecule has 1 rings (SSSR count). The van der Waals surface area contributed by atoms with Gasteiger partial charge in [0.25, 0.3) is 23.6 Å². The number of carbonyl (C=O) groups is 4. The van der Waals surface area contributed by atoms with Gasteiger partial charge in [0.05, 0.1) is 0 Å². The predicted octanol–water partition coefficient (Wildman–Crippen LogP) is 1.96. The van der Waals surface area contributed by atoms with E-state index in [0.29, 0.717) is 0 Å². The van der Waals surface area contributed by atoms with E-state index in [9.17, 15) is 28.0 Å². The third kappa shape index (κ3) is 4.56. The number of halogens is 2. The molecular formula is C17H18F2N2O4. The summed E-state index contributed by atoms with van der Waals surface area (Å²) in [4.78, 5) is 47.7. The number of imide groups is 3. The molecule has 0 N–H and O–H groups in total. The third-order valence-electron chi connectivity index (χ3n) is 3.52. The zero-order chi connectivity index (χ0) is 19.4. The van der Waals surface area contributed by atoms with Crippen LogP contribution < -0.4 is 0 Å². The first-order valence-corrected chi connectivity index (χ1v) is 7.26. The molecule has 8 heteroatoms. The summed E-state index contributed by atoms with van der Waals surface area (Å²) >= 11 is 0. The van der Waals surface area contributed by atoms with Gasteiger partial charge in [-0.1, -0.05) is 12.7 Å². The van der Waals surface area contributed by atoms with Gasteiger partial charge in [-0.3, -0.25) is 19.2 Å². The lowest BCUT2D eigenvalue weighted by molar-refractivity contribution is -0.147. The average Bonchev–Trinajstić information content (AvgIpc) is 2.87. The monoisotopic (exact) mass is 352 g/mol. The van der Waals surface area contributed by atoms with Crippen LogP contribution in [0.3, 0.4) is 0 Å². The van der Waals surface area contributed by atoms with Crippen LogP contribution in [0.15, 0.2) is 49.1 Å². The highest BCUT2D eigenvalue weighted by atomic mass is 19.1. The first-order chi connectivity index (χ1) is 11.5. The molecule has 0 radical (unpaired) electrons. The van der Waals surface area contributed by atoms with E-state index in [1.165, 1.54) is 19.9 Å². The van der Waals surface area contributed by atoms with E-state index in [-0.39, 0.29) is 17.9 Å². The van der Waals surface area contributed by atoms with Crippen molar-refractivity contribution in [1.82, 2.24) is 9.80 Å². The van der Waals surface area contributed by atoms with E-state index in [0.717, 1.165) is 23.1 Å². The number of carbonyl (C=O) groups excluding carboxylic acids is 4. The number of amides is 4.